The molecule has 1 aromatic heterocycles. The van der Waals surface area contributed by atoms with Crippen LogP contribution in [0.2, 0.25) is 0 Å². The Morgan fingerprint density at radius 2 is 1.76 bits per heavy atom. The number of amides is 1. The van der Waals surface area contributed by atoms with Crippen molar-refractivity contribution in [2.75, 3.05) is 70.9 Å². The van der Waals surface area contributed by atoms with Gasteiger partial charge in [-0.2, -0.15) is 4.31 Å². The van der Waals surface area contributed by atoms with E-state index >= 15 is 0 Å². The van der Waals surface area contributed by atoms with Gasteiger partial charge in [0.1, 0.15) is 5.75 Å². The molecule has 0 atom stereocenters. The van der Waals surface area contributed by atoms with Gasteiger partial charge in [-0.15, -0.1) is 11.3 Å². The van der Waals surface area contributed by atoms with Gasteiger partial charge < -0.3 is 19.4 Å². The molecular weight excluding hydrogens is 460 g/mol. The highest BCUT2D eigenvalue weighted by Crippen LogP contribution is 2.33. The van der Waals surface area contributed by atoms with Crippen LogP contribution in [0.25, 0.3) is 0 Å². The van der Waals surface area contributed by atoms with E-state index in [1.165, 1.54) is 0 Å². The SMILES string of the molecule is CCN1CCN(S(=O)(=O)c2ccc(OC)c(N3CCN(C(=O)Cc4cccs4)CC3)c2)CC1. The summed E-state index contributed by atoms with van der Waals surface area (Å²) in [6, 6.07) is 9.03. The Hall–Kier alpha value is -2.14. The molecule has 1 aromatic carbocycles. The van der Waals surface area contributed by atoms with Crippen LogP contribution < -0.4 is 9.64 Å². The fourth-order valence-corrected chi connectivity index (χ4v) is 6.52. The van der Waals surface area contributed by atoms with Crippen LogP contribution in [0.1, 0.15) is 11.8 Å². The third-order valence-corrected chi connectivity index (χ3v) is 9.22. The smallest absolute Gasteiger partial charge is 0.243 e. The standard InChI is InChI=1S/C23H32N4O4S2/c1-3-24-8-14-27(15-9-24)33(29,30)20-6-7-22(31-2)21(18-20)25-10-12-26(13-11-25)23(28)17-19-5-4-16-32-19/h4-7,16,18H,3,8-15,17H2,1-2H3. The van der Waals surface area contributed by atoms with E-state index in [1.807, 2.05) is 22.4 Å². The first-order valence-corrected chi connectivity index (χ1v) is 13.7. The Kier molecular flexibility index (Phi) is 7.58. The second-order valence-electron chi connectivity index (χ2n) is 8.30. The molecule has 0 spiro atoms. The minimum Gasteiger partial charge on any atom is -0.495 e. The van der Waals surface area contributed by atoms with Gasteiger partial charge in [-0.1, -0.05) is 13.0 Å². The predicted molar refractivity (Wildman–Crippen MR) is 131 cm³/mol. The van der Waals surface area contributed by atoms with E-state index in [2.05, 4.69) is 16.7 Å². The number of ether oxygens (including phenoxy) is 1. The molecule has 4 rings (SSSR count). The number of benzene rings is 1. The molecule has 180 valence electrons. The highest BCUT2D eigenvalue weighted by Gasteiger charge is 2.30. The summed E-state index contributed by atoms with van der Waals surface area (Å²) < 4.78 is 33.7. The van der Waals surface area contributed by atoms with Crippen LogP contribution in [0.15, 0.2) is 40.6 Å². The van der Waals surface area contributed by atoms with Crippen LogP contribution in [0.5, 0.6) is 5.75 Å². The lowest BCUT2D eigenvalue weighted by molar-refractivity contribution is -0.130. The van der Waals surface area contributed by atoms with Gasteiger partial charge in [0.25, 0.3) is 0 Å². The first-order chi connectivity index (χ1) is 15.9. The zero-order chi connectivity index (χ0) is 23.4. The number of hydrogen-bond donors (Lipinski definition) is 0. The number of piperazine rings is 2. The number of methoxy groups -OCH3 is 1. The molecular formula is C23H32N4O4S2. The van der Waals surface area contributed by atoms with E-state index in [1.54, 1.807) is 41.0 Å². The van der Waals surface area contributed by atoms with Crippen molar-refractivity contribution >= 4 is 33.0 Å². The van der Waals surface area contributed by atoms with Gasteiger partial charge in [-0.25, -0.2) is 8.42 Å². The summed E-state index contributed by atoms with van der Waals surface area (Å²) in [5, 5.41) is 1.98. The van der Waals surface area contributed by atoms with Crippen molar-refractivity contribution in [2.45, 2.75) is 18.2 Å². The average molecular weight is 493 g/mol. The molecule has 33 heavy (non-hydrogen) atoms. The summed E-state index contributed by atoms with van der Waals surface area (Å²) in [4.78, 5) is 20.3. The molecule has 10 heteroatoms. The molecule has 2 aliphatic rings. The molecule has 8 nitrogen and oxygen atoms in total. The van der Waals surface area contributed by atoms with Crippen molar-refractivity contribution < 1.29 is 17.9 Å². The molecule has 0 saturated carbocycles. The first-order valence-electron chi connectivity index (χ1n) is 11.4. The molecule has 2 aliphatic heterocycles. The zero-order valence-corrected chi connectivity index (χ0v) is 20.9. The average Bonchev–Trinajstić information content (AvgIpc) is 3.36. The number of thiophene rings is 1. The van der Waals surface area contributed by atoms with Crippen molar-refractivity contribution in [3.8, 4) is 5.75 Å². The summed E-state index contributed by atoms with van der Waals surface area (Å²) >= 11 is 1.60. The molecule has 3 heterocycles. The van der Waals surface area contributed by atoms with Gasteiger partial charge in [-0.05, 0) is 36.2 Å². The number of nitrogens with zero attached hydrogens (tertiary/aromatic N) is 4. The second kappa shape index (κ2) is 10.4. The number of carbonyl (C=O) groups excluding carboxylic acids is 1. The van der Waals surface area contributed by atoms with Crippen LogP contribution in [0.3, 0.4) is 0 Å². The Labute approximate surface area is 200 Å². The van der Waals surface area contributed by atoms with Gasteiger partial charge in [0.15, 0.2) is 0 Å². The molecule has 2 saturated heterocycles. The highest BCUT2D eigenvalue weighted by atomic mass is 32.2. The van der Waals surface area contributed by atoms with E-state index in [-0.39, 0.29) is 5.91 Å². The van der Waals surface area contributed by atoms with Crippen LogP contribution >= 0.6 is 11.3 Å². The normalized spacial score (nSPS) is 18.5. The third kappa shape index (κ3) is 5.34. The maximum atomic E-state index is 13.3. The fraction of sp³-hybridized carbons (Fsp3) is 0.522. The number of carbonyl (C=O) groups is 1. The number of sulfonamides is 1. The first kappa shape index (κ1) is 24.0. The van der Waals surface area contributed by atoms with Crippen molar-refractivity contribution in [3.05, 3.63) is 40.6 Å². The van der Waals surface area contributed by atoms with E-state index in [9.17, 15) is 13.2 Å². The molecule has 2 fully saturated rings. The van der Waals surface area contributed by atoms with Crippen LogP contribution in [0, 0.1) is 0 Å². The quantitative estimate of drug-likeness (QED) is 0.589. The topological polar surface area (TPSA) is 73.4 Å². The molecule has 1 amide bonds. The molecule has 0 unspecified atom stereocenters. The Morgan fingerprint density at radius 1 is 1.03 bits per heavy atom. The lowest BCUT2D eigenvalue weighted by atomic mass is 10.2. The highest BCUT2D eigenvalue weighted by molar-refractivity contribution is 7.89. The maximum absolute atomic E-state index is 13.3. The Morgan fingerprint density at radius 3 is 2.36 bits per heavy atom. The van der Waals surface area contributed by atoms with Gasteiger partial charge >= 0.3 is 0 Å². The van der Waals surface area contributed by atoms with Crippen LogP contribution in [-0.4, -0.2) is 94.4 Å². The largest absolute Gasteiger partial charge is 0.495 e. The molecule has 0 N–H and O–H groups in total. The van der Waals surface area contributed by atoms with E-state index in [0.717, 1.165) is 30.2 Å². The maximum Gasteiger partial charge on any atom is 0.243 e. The summed E-state index contributed by atoms with van der Waals surface area (Å²) in [6.07, 6.45) is 0.431. The molecule has 0 aliphatic carbocycles. The Balaban J connectivity index is 1.46. The lowest BCUT2D eigenvalue weighted by Crippen LogP contribution is -2.49. The number of likely N-dealkylation sites (N-methyl/N-ethyl adjacent to an activating group) is 1. The van der Waals surface area contributed by atoms with Crippen LogP contribution in [0.4, 0.5) is 5.69 Å². The van der Waals surface area contributed by atoms with Crippen molar-refractivity contribution in [3.63, 3.8) is 0 Å². The summed E-state index contributed by atoms with van der Waals surface area (Å²) in [7, 11) is -1.98. The monoisotopic (exact) mass is 492 g/mol. The number of rotatable bonds is 7. The van der Waals surface area contributed by atoms with Gasteiger partial charge in [0.2, 0.25) is 15.9 Å². The summed E-state index contributed by atoms with van der Waals surface area (Å²) in [6.45, 7) is 7.99. The summed E-state index contributed by atoms with van der Waals surface area (Å²) in [5.41, 5.74) is 0.760. The van der Waals surface area contributed by atoms with Gasteiger partial charge in [0.05, 0.1) is 24.1 Å². The third-order valence-electron chi connectivity index (χ3n) is 6.45. The van der Waals surface area contributed by atoms with Crippen molar-refractivity contribution in [1.82, 2.24) is 14.1 Å². The molecule has 0 bridgehead atoms. The minimum atomic E-state index is -3.57. The van der Waals surface area contributed by atoms with Crippen molar-refractivity contribution in [2.24, 2.45) is 0 Å². The van der Waals surface area contributed by atoms with E-state index in [4.69, 9.17) is 4.74 Å². The molecule has 0 radical (unpaired) electrons. The minimum absolute atomic E-state index is 0.131. The zero-order valence-electron chi connectivity index (χ0n) is 19.3. The molecule has 2 aromatic rings. The van der Waals surface area contributed by atoms with Crippen molar-refractivity contribution in [1.29, 1.82) is 0 Å². The number of anilines is 1. The number of hydrogen-bond acceptors (Lipinski definition) is 7. The predicted octanol–water partition coefficient (Wildman–Crippen LogP) is 1.97. The van der Waals surface area contributed by atoms with Gasteiger partial charge in [0, 0.05) is 57.2 Å². The fourth-order valence-electron chi connectivity index (χ4n) is 4.38. The Bertz CT molecular complexity index is 1040. The second-order valence-corrected chi connectivity index (χ2v) is 11.3. The van der Waals surface area contributed by atoms with Gasteiger partial charge in [-0.3, -0.25) is 4.79 Å². The summed E-state index contributed by atoms with van der Waals surface area (Å²) in [5.74, 6) is 0.773. The van der Waals surface area contributed by atoms with Crippen LogP contribution in [-0.2, 0) is 21.2 Å². The lowest BCUT2D eigenvalue weighted by Gasteiger charge is -2.37. The van der Waals surface area contributed by atoms with E-state index in [0.29, 0.717) is 56.3 Å². The van der Waals surface area contributed by atoms with E-state index < -0.39 is 10.0 Å².